The number of methoxy groups -OCH3 is 1. The molecule has 0 aliphatic heterocycles. The summed E-state index contributed by atoms with van der Waals surface area (Å²) in [5, 5.41) is 3.46. The van der Waals surface area contributed by atoms with E-state index >= 15 is 0 Å². The van der Waals surface area contributed by atoms with Crippen LogP contribution in [0.15, 0.2) is 35.4 Å². The Labute approximate surface area is 165 Å². The number of rotatable bonds is 5. The van der Waals surface area contributed by atoms with Crippen molar-refractivity contribution in [3.63, 3.8) is 0 Å². The van der Waals surface area contributed by atoms with Gasteiger partial charge in [0, 0.05) is 11.4 Å². The van der Waals surface area contributed by atoms with Crippen LogP contribution in [0.4, 0.5) is 0 Å². The molecule has 0 unspecified atom stereocenters. The second kappa shape index (κ2) is 7.55. The molecule has 1 aromatic carbocycles. The lowest BCUT2D eigenvalue weighted by molar-refractivity contribution is -0.121. The van der Waals surface area contributed by atoms with Crippen molar-refractivity contribution in [3.05, 3.63) is 62.5 Å². The molecule has 3 aromatic rings. The Morgan fingerprint density at radius 2 is 2.04 bits per heavy atom. The van der Waals surface area contributed by atoms with Gasteiger partial charge in [-0.25, -0.2) is 9.78 Å². The van der Waals surface area contributed by atoms with E-state index in [1.165, 1.54) is 22.9 Å². The Morgan fingerprint density at radius 1 is 1.25 bits per heavy atom. The summed E-state index contributed by atoms with van der Waals surface area (Å²) in [6.07, 6.45) is 4.43. The minimum atomic E-state index is -0.405. The Kier molecular flexibility index (Phi) is 4.95. The SMILES string of the molecule is COC(=O)c1ccc(CNC(=O)Cn2cnc3sc4c(c3c2=O)CCC4)cc1. The third kappa shape index (κ3) is 3.43. The number of thiophene rings is 1. The zero-order valence-corrected chi connectivity index (χ0v) is 16.2. The van der Waals surface area contributed by atoms with Crippen molar-refractivity contribution in [1.82, 2.24) is 14.9 Å². The van der Waals surface area contributed by atoms with E-state index in [-0.39, 0.29) is 18.0 Å². The topological polar surface area (TPSA) is 90.3 Å². The smallest absolute Gasteiger partial charge is 0.337 e. The number of hydrogen-bond acceptors (Lipinski definition) is 6. The fourth-order valence-corrected chi connectivity index (χ4v) is 4.64. The van der Waals surface area contributed by atoms with Crippen LogP contribution in [0.3, 0.4) is 0 Å². The molecular formula is C20H19N3O4S. The predicted octanol–water partition coefficient (Wildman–Crippen LogP) is 2.05. The van der Waals surface area contributed by atoms with Crippen LogP contribution in [0.25, 0.3) is 10.2 Å². The maximum Gasteiger partial charge on any atom is 0.337 e. The molecule has 144 valence electrons. The lowest BCUT2D eigenvalue weighted by Crippen LogP contribution is -2.32. The quantitative estimate of drug-likeness (QED) is 0.666. The highest BCUT2D eigenvalue weighted by Crippen LogP contribution is 2.34. The van der Waals surface area contributed by atoms with Gasteiger partial charge < -0.3 is 10.1 Å². The summed E-state index contributed by atoms with van der Waals surface area (Å²) in [7, 11) is 1.33. The highest BCUT2D eigenvalue weighted by atomic mass is 32.1. The normalized spacial score (nSPS) is 12.8. The van der Waals surface area contributed by atoms with Gasteiger partial charge in [-0.1, -0.05) is 12.1 Å². The Balaban J connectivity index is 1.43. The first-order chi connectivity index (χ1) is 13.6. The Morgan fingerprint density at radius 3 is 2.79 bits per heavy atom. The number of aromatic nitrogens is 2. The van der Waals surface area contributed by atoms with Crippen molar-refractivity contribution >= 4 is 33.4 Å². The maximum atomic E-state index is 12.8. The van der Waals surface area contributed by atoms with Crippen LogP contribution in [0.2, 0.25) is 0 Å². The summed E-state index contributed by atoms with van der Waals surface area (Å²) in [4.78, 5) is 42.9. The fraction of sp³-hybridized carbons (Fsp3) is 0.300. The number of nitrogens with one attached hydrogen (secondary N) is 1. The van der Waals surface area contributed by atoms with Crippen LogP contribution < -0.4 is 10.9 Å². The van der Waals surface area contributed by atoms with Gasteiger partial charge in [0.25, 0.3) is 5.56 Å². The lowest BCUT2D eigenvalue weighted by Gasteiger charge is -2.08. The van der Waals surface area contributed by atoms with Crippen molar-refractivity contribution < 1.29 is 14.3 Å². The van der Waals surface area contributed by atoms with E-state index in [4.69, 9.17) is 0 Å². The molecule has 28 heavy (non-hydrogen) atoms. The third-order valence-corrected chi connectivity index (χ3v) is 6.07. The van der Waals surface area contributed by atoms with E-state index in [0.717, 1.165) is 35.2 Å². The van der Waals surface area contributed by atoms with Crippen LogP contribution in [0.1, 0.15) is 32.8 Å². The molecule has 0 fully saturated rings. The number of nitrogens with zero attached hydrogens (tertiary/aromatic N) is 2. The highest BCUT2D eigenvalue weighted by Gasteiger charge is 2.21. The molecule has 0 radical (unpaired) electrons. The lowest BCUT2D eigenvalue weighted by atomic mass is 10.1. The van der Waals surface area contributed by atoms with E-state index in [9.17, 15) is 14.4 Å². The molecule has 8 heteroatoms. The number of carbonyl (C=O) groups is 2. The van der Waals surface area contributed by atoms with Crippen molar-refractivity contribution in [2.75, 3.05) is 7.11 Å². The van der Waals surface area contributed by atoms with Gasteiger partial charge in [-0.05, 0) is 42.5 Å². The van der Waals surface area contributed by atoms with Gasteiger partial charge in [0.15, 0.2) is 0 Å². The average Bonchev–Trinajstić information content (AvgIpc) is 3.29. The van der Waals surface area contributed by atoms with Gasteiger partial charge >= 0.3 is 5.97 Å². The predicted molar refractivity (Wildman–Crippen MR) is 106 cm³/mol. The van der Waals surface area contributed by atoms with Gasteiger partial charge in [0.05, 0.1) is 24.4 Å². The van der Waals surface area contributed by atoms with E-state index in [1.54, 1.807) is 35.6 Å². The number of benzene rings is 1. The zero-order chi connectivity index (χ0) is 19.7. The van der Waals surface area contributed by atoms with Crippen molar-refractivity contribution in [2.24, 2.45) is 0 Å². The number of ether oxygens (including phenoxy) is 1. The number of carbonyl (C=O) groups excluding carboxylic acids is 2. The summed E-state index contributed by atoms with van der Waals surface area (Å²) in [6.45, 7) is 0.227. The number of hydrogen-bond donors (Lipinski definition) is 1. The maximum absolute atomic E-state index is 12.8. The first-order valence-corrected chi connectivity index (χ1v) is 9.82. The molecule has 0 bridgehead atoms. The van der Waals surface area contributed by atoms with Crippen LogP contribution in [-0.2, 0) is 35.5 Å². The molecule has 2 aromatic heterocycles. The highest BCUT2D eigenvalue weighted by molar-refractivity contribution is 7.18. The first kappa shape index (κ1) is 18.4. The first-order valence-electron chi connectivity index (χ1n) is 9.00. The van der Waals surface area contributed by atoms with E-state index in [0.29, 0.717) is 17.5 Å². The van der Waals surface area contributed by atoms with Gasteiger partial charge in [-0.3, -0.25) is 14.2 Å². The molecule has 0 atom stereocenters. The Bertz CT molecular complexity index is 1110. The van der Waals surface area contributed by atoms with E-state index in [1.807, 2.05) is 0 Å². The number of fused-ring (bicyclic) bond motifs is 3. The summed E-state index contributed by atoms with van der Waals surface area (Å²) in [5.74, 6) is -0.676. The van der Waals surface area contributed by atoms with Crippen molar-refractivity contribution in [2.45, 2.75) is 32.4 Å². The molecule has 4 rings (SSSR count). The minimum absolute atomic E-state index is 0.0767. The van der Waals surface area contributed by atoms with E-state index < -0.39 is 5.97 Å². The van der Waals surface area contributed by atoms with Gasteiger partial charge in [-0.15, -0.1) is 11.3 Å². The monoisotopic (exact) mass is 397 g/mol. The molecule has 1 aliphatic carbocycles. The van der Waals surface area contributed by atoms with Crippen molar-refractivity contribution in [3.8, 4) is 0 Å². The average molecular weight is 397 g/mol. The molecule has 0 saturated heterocycles. The summed E-state index contributed by atoms with van der Waals surface area (Å²) < 4.78 is 6.02. The molecule has 0 spiro atoms. The van der Waals surface area contributed by atoms with Crippen LogP contribution in [0, 0.1) is 0 Å². The second-order valence-corrected chi connectivity index (χ2v) is 7.76. The summed E-state index contributed by atoms with van der Waals surface area (Å²) in [5.41, 5.74) is 2.25. The van der Waals surface area contributed by atoms with Gasteiger partial charge in [0.2, 0.25) is 5.91 Å². The van der Waals surface area contributed by atoms with Crippen LogP contribution >= 0.6 is 11.3 Å². The van der Waals surface area contributed by atoms with E-state index in [2.05, 4.69) is 15.0 Å². The Hall–Kier alpha value is -3.00. The fourth-order valence-electron chi connectivity index (χ4n) is 3.42. The summed E-state index contributed by atoms with van der Waals surface area (Å²) in [6, 6.07) is 6.79. The third-order valence-electron chi connectivity index (χ3n) is 4.87. The molecule has 7 nitrogen and oxygen atoms in total. The zero-order valence-electron chi connectivity index (χ0n) is 15.4. The second-order valence-electron chi connectivity index (χ2n) is 6.68. The summed E-state index contributed by atoms with van der Waals surface area (Å²) >= 11 is 1.58. The molecular weight excluding hydrogens is 378 g/mol. The minimum Gasteiger partial charge on any atom is -0.465 e. The molecule has 1 aliphatic rings. The molecule has 1 amide bonds. The van der Waals surface area contributed by atoms with Crippen molar-refractivity contribution in [1.29, 1.82) is 0 Å². The standard InChI is InChI=1S/C20H19N3O4S/c1-27-20(26)13-7-5-12(6-8-13)9-21-16(24)10-23-11-22-18-17(19(23)25)14-3-2-4-15(14)28-18/h5-8,11H,2-4,9-10H2,1H3,(H,21,24). The van der Waals surface area contributed by atoms with Crippen LogP contribution in [-0.4, -0.2) is 28.5 Å². The van der Waals surface area contributed by atoms with Crippen LogP contribution in [0.5, 0.6) is 0 Å². The molecule has 2 heterocycles. The number of esters is 1. The molecule has 1 N–H and O–H groups in total. The largest absolute Gasteiger partial charge is 0.465 e. The van der Waals surface area contributed by atoms with Gasteiger partial charge in [0.1, 0.15) is 11.4 Å². The molecule has 0 saturated carbocycles. The number of amides is 1. The van der Waals surface area contributed by atoms with Gasteiger partial charge in [-0.2, -0.15) is 0 Å². The number of aryl methyl sites for hydroxylation is 2.